The molecule has 0 spiro atoms. The van der Waals surface area contributed by atoms with Crippen LogP contribution in [0.25, 0.3) is 0 Å². The first-order chi connectivity index (χ1) is 8.38. The van der Waals surface area contributed by atoms with Gasteiger partial charge in [-0.05, 0) is 24.2 Å². The maximum absolute atomic E-state index is 12.8. The van der Waals surface area contributed by atoms with Crippen LogP contribution in [0.3, 0.4) is 0 Å². The zero-order valence-electron chi connectivity index (χ0n) is 10.2. The Kier molecular flexibility index (Phi) is 4.98. The van der Waals surface area contributed by atoms with Crippen LogP contribution >= 0.6 is 0 Å². The minimum Gasteiger partial charge on any atom is -0.399 e. The van der Waals surface area contributed by atoms with Crippen LogP contribution in [0.1, 0.15) is 18.1 Å². The summed E-state index contributed by atoms with van der Waals surface area (Å²) in [4.78, 5) is 1.74. The summed E-state index contributed by atoms with van der Waals surface area (Å²) in [5, 5.41) is 8.84. The number of aliphatic hydroxyl groups excluding tert-OH is 1. The first-order valence-corrected chi connectivity index (χ1v) is 5.67. The van der Waals surface area contributed by atoms with E-state index in [1.807, 2.05) is 6.92 Å². The van der Waals surface area contributed by atoms with E-state index < -0.39 is 11.7 Å². The van der Waals surface area contributed by atoms with Crippen LogP contribution in [-0.2, 0) is 12.7 Å². The molecule has 1 aromatic rings. The lowest BCUT2D eigenvalue weighted by atomic mass is 10.1. The van der Waals surface area contributed by atoms with Crippen molar-refractivity contribution in [2.75, 3.05) is 25.4 Å². The quantitative estimate of drug-likeness (QED) is 0.799. The number of rotatable bonds is 5. The number of likely N-dealkylation sites (N-methyl/N-ethyl adjacent to an activating group) is 1. The predicted octanol–water partition coefficient (Wildman–Crippen LogP) is 2.10. The van der Waals surface area contributed by atoms with E-state index in [-0.39, 0.29) is 24.4 Å². The molecule has 6 heteroatoms. The van der Waals surface area contributed by atoms with E-state index in [1.54, 1.807) is 4.90 Å². The minimum atomic E-state index is -4.41. The number of hydrogen-bond acceptors (Lipinski definition) is 3. The molecule has 18 heavy (non-hydrogen) atoms. The second-order valence-corrected chi connectivity index (χ2v) is 4.01. The molecule has 0 atom stereocenters. The van der Waals surface area contributed by atoms with Gasteiger partial charge in [-0.1, -0.05) is 13.0 Å². The fourth-order valence-corrected chi connectivity index (χ4v) is 1.73. The molecule has 3 nitrogen and oxygen atoms in total. The number of benzene rings is 1. The van der Waals surface area contributed by atoms with Crippen molar-refractivity contribution in [3.05, 3.63) is 29.3 Å². The Morgan fingerprint density at radius 3 is 2.50 bits per heavy atom. The molecule has 0 unspecified atom stereocenters. The van der Waals surface area contributed by atoms with Gasteiger partial charge in [-0.3, -0.25) is 4.90 Å². The summed E-state index contributed by atoms with van der Waals surface area (Å²) in [5.74, 6) is 0. The van der Waals surface area contributed by atoms with Gasteiger partial charge in [0.2, 0.25) is 0 Å². The van der Waals surface area contributed by atoms with Crippen molar-refractivity contribution in [3.63, 3.8) is 0 Å². The van der Waals surface area contributed by atoms with Crippen LogP contribution in [0, 0.1) is 0 Å². The number of alkyl halides is 3. The molecule has 0 aromatic heterocycles. The van der Waals surface area contributed by atoms with Crippen LogP contribution in [0.5, 0.6) is 0 Å². The van der Waals surface area contributed by atoms with Crippen LogP contribution in [0.2, 0.25) is 0 Å². The number of nitrogens with zero attached hydrogens (tertiary/aromatic N) is 1. The van der Waals surface area contributed by atoms with E-state index in [9.17, 15) is 13.2 Å². The molecule has 0 fully saturated rings. The topological polar surface area (TPSA) is 49.5 Å². The van der Waals surface area contributed by atoms with Crippen LogP contribution in [0.4, 0.5) is 18.9 Å². The summed E-state index contributed by atoms with van der Waals surface area (Å²) in [7, 11) is 0. The second-order valence-electron chi connectivity index (χ2n) is 4.01. The Hall–Kier alpha value is -1.27. The van der Waals surface area contributed by atoms with E-state index >= 15 is 0 Å². The summed E-state index contributed by atoms with van der Waals surface area (Å²) in [6.07, 6.45) is -4.41. The number of nitrogen functional groups attached to an aromatic ring is 1. The highest BCUT2D eigenvalue weighted by Crippen LogP contribution is 2.33. The van der Waals surface area contributed by atoms with Gasteiger partial charge in [-0.15, -0.1) is 0 Å². The van der Waals surface area contributed by atoms with Gasteiger partial charge in [0.1, 0.15) is 0 Å². The molecule has 3 N–H and O–H groups in total. The molecule has 0 heterocycles. The first kappa shape index (κ1) is 14.8. The SMILES string of the molecule is CCN(CCO)Cc1ccc(N)cc1C(F)(F)F. The van der Waals surface area contributed by atoms with Gasteiger partial charge in [-0.25, -0.2) is 0 Å². The van der Waals surface area contributed by atoms with Crippen LogP contribution < -0.4 is 5.73 Å². The number of hydrogen-bond donors (Lipinski definition) is 2. The third-order valence-electron chi connectivity index (χ3n) is 2.70. The van der Waals surface area contributed by atoms with Gasteiger partial charge in [0.05, 0.1) is 12.2 Å². The summed E-state index contributed by atoms with van der Waals surface area (Å²) in [6, 6.07) is 3.79. The van der Waals surface area contributed by atoms with E-state index in [1.165, 1.54) is 12.1 Å². The molecule has 0 saturated carbocycles. The van der Waals surface area contributed by atoms with Gasteiger partial charge in [-0.2, -0.15) is 13.2 Å². The minimum absolute atomic E-state index is 0.0792. The van der Waals surface area contributed by atoms with E-state index in [0.29, 0.717) is 13.1 Å². The number of aliphatic hydroxyl groups is 1. The van der Waals surface area contributed by atoms with Gasteiger partial charge in [0.25, 0.3) is 0 Å². The van der Waals surface area contributed by atoms with E-state index in [0.717, 1.165) is 6.07 Å². The molecule has 0 aliphatic carbocycles. The molecule has 102 valence electrons. The van der Waals surface area contributed by atoms with Crippen molar-refractivity contribution in [2.24, 2.45) is 0 Å². The molecule has 1 aromatic carbocycles. The molecule has 0 radical (unpaired) electrons. The molecular formula is C12H17F3N2O. The van der Waals surface area contributed by atoms with Gasteiger partial charge in [0.15, 0.2) is 0 Å². The molecule has 0 bridgehead atoms. The van der Waals surface area contributed by atoms with Gasteiger partial charge >= 0.3 is 6.18 Å². The highest BCUT2D eigenvalue weighted by molar-refractivity contribution is 5.46. The summed E-state index contributed by atoms with van der Waals surface area (Å²) < 4.78 is 38.5. The summed E-state index contributed by atoms with van der Waals surface area (Å²) >= 11 is 0. The number of nitrogens with two attached hydrogens (primary N) is 1. The Bertz CT molecular complexity index is 393. The van der Waals surface area contributed by atoms with E-state index in [4.69, 9.17) is 10.8 Å². The third kappa shape index (κ3) is 3.89. The fourth-order valence-electron chi connectivity index (χ4n) is 1.73. The number of anilines is 1. The average molecular weight is 262 g/mol. The summed E-state index contributed by atoms with van der Waals surface area (Å²) in [6.45, 7) is 2.82. The van der Waals surface area contributed by atoms with Crippen molar-refractivity contribution in [1.29, 1.82) is 0 Å². The molecule has 0 amide bonds. The summed E-state index contributed by atoms with van der Waals surface area (Å²) in [5.41, 5.74) is 4.95. The normalized spacial score (nSPS) is 12.1. The fraction of sp³-hybridized carbons (Fsp3) is 0.500. The smallest absolute Gasteiger partial charge is 0.399 e. The van der Waals surface area contributed by atoms with Crippen LogP contribution in [0.15, 0.2) is 18.2 Å². The molecule has 0 saturated heterocycles. The molecule has 1 rings (SSSR count). The van der Waals surface area contributed by atoms with Gasteiger partial charge in [0, 0.05) is 18.8 Å². The average Bonchev–Trinajstić information content (AvgIpc) is 2.29. The van der Waals surface area contributed by atoms with Crippen molar-refractivity contribution in [2.45, 2.75) is 19.6 Å². The van der Waals surface area contributed by atoms with Crippen molar-refractivity contribution in [1.82, 2.24) is 4.90 Å². The maximum atomic E-state index is 12.8. The Morgan fingerprint density at radius 1 is 1.33 bits per heavy atom. The zero-order chi connectivity index (χ0) is 13.8. The van der Waals surface area contributed by atoms with Crippen LogP contribution in [-0.4, -0.2) is 29.7 Å². The Balaban J connectivity index is 3.01. The molecular weight excluding hydrogens is 245 g/mol. The Morgan fingerprint density at radius 2 is 2.00 bits per heavy atom. The highest BCUT2D eigenvalue weighted by atomic mass is 19.4. The van der Waals surface area contributed by atoms with Crippen molar-refractivity contribution < 1.29 is 18.3 Å². The Labute approximate surface area is 104 Å². The van der Waals surface area contributed by atoms with E-state index in [2.05, 4.69) is 0 Å². The number of halogens is 3. The second kappa shape index (κ2) is 6.06. The molecule has 0 aliphatic rings. The highest BCUT2D eigenvalue weighted by Gasteiger charge is 2.33. The lowest BCUT2D eigenvalue weighted by Crippen LogP contribution is -2.27. The predicted molar refractivity (Wildman–Crippen MR) is 63.9 cm³/mol. The van der Waals surface area contributed by atoms with Gasteiger partial charge < -0.3 is 10.8 Å². The van der Waals surface area contributed by atoms with Crippen molar-refractivity contribution in [3.8, 4) is 0 Å². The largest absolute Gasteiger partial charge is 0.416 e. The third-order valence-corrected chi connectivity index (χ3v) is 2.70. The zero-order valence-corrected chi connectivity index (χ0v) is 10.2. The maximum Gasteiger partial charge on any atom is 0.416 e. The lowest BCUT2D eigenvalue weighted by molar-refractivity contribution is -0.138. The standard InChI is InChI=1S/C12H17F3N2O/c1-2-17(5-6-18)8-9-3-4-10(16)7-11(9)12(13,14)15/h3-4,7,18H,2,5-6,8,16H2,1H3. The molecule has 0 aliphatic heterocycles. The monoisotopic (exact) mass is 262 g/mol. The van der Waals surface area contributed by atoms with Crippen molar-refractivity contribution >= 4 is 5.69 Å². The lowest BCUT2D eigenvalue weighted by Gasteiger charge is -2.22. The first-order valence-electron chi connectivity index (χ1n) is 5.67.